The molecule has 0 radical (unpaired) electrons. The number of rotatable bonds is 5. The number of carbonyl (C=O) groups is 2. The molecule has 0 spiro atoms. The van der Waals surface area contributed by atoms with Crippen LogP contribution in [-0.2, 0) is 4.79 Å². The van der Waals surface area contributed by atoms with Gasteiger partial charge in [-0.25, -0.2) is 0 Å². The van der Waals surface area contributed by atoms with Crippen LogP contribution in [0.5, 0.6) is 0 Å². The van der Waals surface area contributed by atoms with Gasteiger partial charge in [0, 0.05) is 17.5 Å². The highest BCUT2D eigenvalue weighted by Crippen LogP contribution is 2.16. The van der Waals surface area contributed by atoms with Crippen LogP contribution in [0.2, 0.25) is 0 Å². The van der Waals surface area contributed by atoms with Crippen LogP contribution in [0.3, 0.4) is 0 Å². The van der Waals surface area contributed by atoms with E-state index in [2.05, 4.69) is 10.3 Å². The highest BCUT2D eigenvalue weighted by atomic mass is 16.2. The summed E-state index contributed by atoms with van der Waals surface area (Å²) in [5.41, 5.74) is 6.41. The summed E-state index contributed by atoms with van der Waals surface area (Å²) < 4.78 is 0. The maximum absolute atomic E-state index is 12.4. The second-order valence-electron chi connectivity index (χ2n) is 5.07. The van der Waals surface area contributed by atoms with Crippen molar-refractivity contribution in [3.05, 3.63) is 42.1 Å². The zero-order valence-electron chi connectivity index (χ0n) is 12.1. The van der Waals surface area contributed by atoms with E-state index in [9.17, 15) is 9.59 Å². The summed E-state index contributed by atoms with van der Waals surface area (Å²) in [5, 5.41) is 12.1. The maximum atomic E-state index is 12.4. The summed E-state index contributed by atoms with van der Waals surface area (Å²) in [6.07, 6.45) is 1.72. The number of aromatic nitrogens is 1. The molecule has 0 aliphatic heterocycles. The molecular formula is C16H16N4O2. The number of carbonyl (C=O) groups excluding carboxylic acids is 2. The molecule has 0 aliphatic carbocycles. The quantitative estimate of drug-likeness (QED) is 0.868. The molecule has 2 amide bonds. The number of hydrogen-bond acceptors (Lipinski definition) is 4. The summed E-state index contributed by atoms with van der Waals surface area (Å²) in [7, 11) is 0. The molecule has 1 aromatic carbocycles. The fourth-order valence-electron chi connectivity index (χ4n) is 2.18. The van der Waals surface area contributed by atoms with E-state index in [1.165, 1.54) is 6.20 Å². The van der Waals surface area contributed by atoms with Crippen molar-refractivity contribution in [3.8, 4) is 6.07 Å². The lowest BCUT2D eigenvalue weighted by molar-refractivity contribution is -0.120. The van der Waals surface area contributed by atoms with Crippen molar-refractivity contribution in [3.63, 3.8) is 0 Å². The van der Waals surface area contributed by atoms with Gasteiger partial charge in [0.05, 0.1) is 17.1 Å². The first-order valence-corrected chi connectivity index (χ1v) is 6.86. The smallest absolute Gasteiger partial charge is 0.252 e. The van der Waals surface area contributed by atoms with Crippen LogP contribution in [-0.4, -0.2) is 22.8 Å². The average Bonchev–Trinajstić information content (AvgIpc) is 2.53. The first-order valence-electron chi connectivity index (χ1n) is 6.86. The number of nitrogens with two attached hydrogens (primary N) is 1. The molecule has 0 fully saturated rings. The molecular weight excluding hydrogens is 280 g/mol. The summed E-state index contributed by atoms with van der Waals surface area (Å²) in [5.74, 6) is -1.45. The van der Waals surface area contributed by atoms with Crippen LogP contribution in [0.15, 0.2) is 36.5 Å². The first-order chi connectivity index (χ1) is 10.5. The molecule has 0 bridgehead atoms. The van der Waals surface area contributed by atoms with Crippen molar-refractivity contribution < 1.29 is 9.59 Å². The van der Waals surface area contributed by atoms with Gasteiger partial charge < -0.3 is 11.1 Å². The molecule has 112 valence electrons. The first kappa shape index (κ1) is 15.4. The summed E-state index contributed by atoms with van der Waals surface area (Å²) in [6, 6.07) is 9.96. The number of pyridine rings is 1. The van der Waals surface area contributed by atoms with Crippen LogP contribution in [0.25, 0.3) is 10.9 Å². The number of nitriles is 1. The Hall–Kier alpha value is -2.94. The largest absolute Gasteiger partial charge is 0.368 e. The van der Waals surface area contributed by atoms with Crippen molar-refractivity contribution in [2.24, 2.45) is 11.7 Å². The van der Waals surface area contributed by atoms with E-state index >= 15 is 0 Å². The zero-order chi connectivity index (χ0) is 16.1. The van der Waals surface area contributed by atoms with Gasteiger partial charge in [-0.2, -0.15) is 5.26 Å². The molecule has 3 N–H and O–H groups in total. The van der Waals surface area contributed by atoms with Crippen LogP contribution >= 0.6 is 0 Å². The van der Waals surface area contributed by atoms with E-state index in [1.54, 1.807) is 25.1 Å². The minimum Gasteiger partial charge on any atom is -0.368 e. The van der Waals surface area contributed by atoms with E-state index in [-0.39, 0.29) is 12.3 Å². The van der Waals surface area contributed by atoms with Crippen molar-refractivity contribution >= 4 is 22.7 Å². The molecule has 6 nitrogen and oxygen atoms in total. The lowest BCUT2D eigenvalue weighted by atomic mass is 10.0. The second-order valence-corrected chi connectivity index (χ2v) is 5.07. The lowest BCUT2D eigenvalue weighted by Crippen LogP contribution is -2.45. The maximum Gasteiger partial charge on any atom is 0.252 e. The molecule has 1 heterocycles. The van der Waals surface area contributed by atoms with Crippen LogP contribution in [0, 0.1) is 17.2 Å². The Morgan fingerprint density at radius 1 is 1.36 bits per heavy atom. The van der Waals surface area contributed by atoms with Crippen LogP contribution in [0.4, 0.5) is 0 Å². The van der Waals surface area contributed by atoms with Gasteiger partial charge in [0.1, 0.15) is 6.04 Å². The molecule has 2 rings (SSSR count). The Morgan fingerprint density at radius 2 is 2.09 bits per heavy atom. The van der Waals surface area contributed by atoms with Crippen molar-refractivity contribution in [1.29, 1.82) is 5.26 Å². The van der Waals surface area contributed by atoms with E-state index in [0.717, 1.165) is 0 Å². The van der Waals surface area contributed by atoms with Gasteiger partial charge in [-0.05, 0) is 25.5 Å². The number of hydrogen-bond donors (Lipinski definition) is 2. The summed E-state index contributed by atoms with van der Waals surface area (Å²) in [4.78, 5) is 28.1. The number of nitrogens with zero attached hydrogens (tertiary/aromatic N) is 2. The minimum absolute atomic E-state index is 0.181. The molecule has 0 saturated carbocycles. The predicted molar refractivity (Wildman–Crippen MR) is 81.6 cm³/mol. The Kier molecular flexibility index (Phi) is 4.69. The number of fused-ring (bicyclic) bond motifs is 1. The number of amides is 2. The number of nitrogens with one attached hydrogen (secondary N) is 1. The van der Waals surface area contributed by atoms with E-state index in [4.69, 9.17) is 11.0 Å². The van der Waals surface area contributed by atoms with Crippen molar-refractivity contribution in [2.75, 3.05) is 0 Å². The Bertz CT molecular complexity index is 746. The molecule has 22 heavy (non-hydrogen) atoms. The van der Waals surface area contributed by atoms with E-state index in [0.29, 0.717) is 16.5 Å². The van der Waals surface area contributed by atoms with Crippen molar-refractivity contribution in [2.45, 2.75) is 19.4 Å². The molecule has 1 aromatic heterocycles. The molecule has 0 saturated heterocycles. The monoisotopic (exact) mass is 296 g/mol. The van der Waals surface area contributed by atoms with Gasteiger partial charge in [0.15, 0.2) is 0 Å². The van der Waals surface area contributed by atoms with Gasteiger partial charge in [0.2, 0.25) is 5.91 Å². The Labute approximate surface area is 127 Å². The lowest BCUT2D eigenvalue weighted by Gasteiger charge is -2.17. The van der Waals surface area contributed by atoms with Crippen LogP contribution in [0.1, 0.15) is 23.7 Å². The predicted octanol–water partition coefficient (Wildman–Crippen LogP) is 1.37. The summed E-state index contributed by atoms with van der Waals surface area (Å²) >= 11 is 0. The zero-order valence-corrected chi connectivity index (χ0v) is 12.1. The van der Waals surface area contributed by atoms with Gasteiger partial charge in [-0.1, -0.05) is 18.2 Å². The van der Waals surface area contributed by atoms with Gasteiger partial charge in [-0.15, -0.1) is 0 Å². The van der Waals surface area contributed by atoms with Gasteiger partial charge in [-0.3, -0.25) is 14.6 Å². The normalized spacial score (nSPS) is 13.1. The topological polar surface area (TPSA) is 109 Å². The Balaban J connectivity index is 2.26. The standard InChI is InChI=1S/C16H16N4O2/c1-10(9-17)8-14(15(18)21)20-16(22)12-6-7-19-13-5-3-2-4-11(12)13/h2-7,10,14H,8H2,1H3,(H2,18,21)(H,20,22)/t10-,14-/m1/s1. The highest BCUT2D eigenvalue weighted by molar-refractivity contribution is 6.07. The third-order valence-corrected chi connectivity index (χ3v) is 3.35. The highest BCUT2D eigenvalue weighted by Gasteiger charge is 2.22. The molecule has 0 unspecified atom stereocenters. The van der Waals surface area contributed by atoms with Gasteiger partial charge in [0.25, 0.3) is 5.91 Å². The van der Waals surface area contributed by atoms with Gasteiger partial charge >= 0.3 is 0 Å². The second kappa shape index (κ2) is 6.68. The fraction of sp³-hybridized carbons (Fsp3) is 0.250. The van der Waals surface area contributed by atoms with Crippen molar-refractivity contribution in [1.82, 2.24) is 10.3 Å². The Morgan fingerprint density at radius 3 is 2.77 bits per heavy atom. The van der Waals surface area contributed by atoms with E-state index in [1.807, 2.05) is 18.2 Å². The molecule has 2 aromatic rings. The third-order valence-electron chi connectivity index (χ3n) is 3.35. The van der Waals surface area contributed by atoms with Crippen LogP contribution < -0.4 is 11.1 Å². The average molecular weight is 296 g/mol. The number of benzene rings is 1. The molecule has 6 heteroatoms. The molecule has 0 aliphatic rings. The number of primary amides is 1. The number of para-hydroxylation sites is 1. The summed E-state index contributed by atoms with van der Waals surface area (Å²) in [6.45, 7) is 1.67. The minimum atomic E-state index is -0.880. The fourth-order valence-corrected chi connectivity index (χ4v) is 2.18. The molecule has 2 atom stereocenters. The third kappa shape index (κ3) is 3.38. The van der Waals surface area contributed by atoms with E-state index < -0.39 is 17.9 Å². The SMILES string of the molecule is C[C@@H](C#N)C[C@@H](NC(=O)c1ccnc2ccccc12)C(N)=O.